The van der Waals surface area contributed by atoms with E-state index in [1.807, 2.05) is 6.26 Å². The zero-order valence-corrected chi connectivity index (χ0v) is 27.9. The lowest BCUT2D eigenvalue weighted by atomic mass is 9.96. The Labute approximate surface area is 266 Å². The van der Waals surface area contributed by atoms with Crippen molar-refractivity contribution in [3.05, 3.63) is 129 Å². The van der Waals surface area contributed by atoms with Crippen LogP contribution in [0.4, 0.5) is 0 Å². The second-order valence-corrected chi connectivity index (χ2v) is 13.1. The summed E-state index contributed by atoms with van der Waals surface area (Å²) in [6.07, 6.45) is 15.4. The molecule has 3 aromatic rings. The molecule has 2 atom stereocenters. The van der Waals surface area contributed by atoms with E-state index in [2.05, 4.69) is 121 Å². The first-order chi connectivity index (χ1) is 21.2. The minimum atomic E-state index is 0.712. The highest BCUT2D eigenvalue weighted by Gasteiger charge is 2.39. The highest BCUT2D eigenvalue weighted by Crippen LogP contribution is 2.49. The zero-order valence-electron chi connectivity index (χ0n) is 27.9. The maximum Gasteiger partial charge on any atom is 0.130 e. The van der Waals surface area contributed by atoms with E-state index in [-0.39, 0.29) is 0 Å². The number of hydrogen-bond acceptors (Lipinski definition) is 2. The fraction of sp³-hybridized carbons (Fsp3) is 0.381. The molecule has 0 saturated heterocycles. The molecule has 230 valence electrons. The van der Waals surface area contributed by atoms with Gasteiger partial charge in [-0.3, -0.25) is 0 Å². The highest BCUT2D eigenvalue weighted by atomic mass is 16.5. The number of aryl methyl sites for hydroxylation is 3. The van der Waals surface area contributed by atoms with E-state index >= 15 is 0 Å². The Morgan fingerprint density at radius 3 is 1.91 bits per heavy atom. The van der Waals surface area contributed by atoms with E-state index < -0.39 is 0 Å². The van der Waals surface area contributed by atoms with Crippen molar-refractivity contribution in [3.63, 3.8) is 0 Å². The summed E-state index contributed by atoms with van der Waals surface area (Å²) < 4.78 is 10.9. The standard InChI is InChI=1S/C13H16.2C11H12O.C7H10/c1-10-6-3-4-8-12-11(2)7-5-9-13(10)12;1-8-4-3-5-10-9(2)6-12-7-11(8)10;1-8-6-7-12-11-9(2)4-3-5-10(8)11;1-5-2-6-4-7(6)3-5/h5-7,9H,3-4,8H2,1-2H3;2*3-6H,7H2,1-2H3;2,6-7H,3-4H2,1H3. The Hall–Kier alpha value is -3.78. The van der Waals surface area contributed by atoms with Crippen LogP contribution in [0.3, 0.4) is 0 Å². The molecule has 2 nitrogen and oxygen atoms in total. The number of fused-ring (bicyclic) bond motifs is 4. The number of hydrogen-bond donors (Lipinski definition) is 0. The molecule has 44 heavy (non-hydrogen) atoms. The lowest BCUT2D eigenvalue weighted by Crippen LogP contribution is -2.04. The van der Waals surface area contributed by atoms with Crippen LogP contribution in [0.1, 0.15) is 97.9 Å². The summed E-state index contributed by atoms with van der Waals surface area (Å²) in [5, 5.41) is 0. The summed E-state index contributed by atoms with van der Waals surface area (Å²) in [6.45, 7) is 16.5. The molecule has 2 heteroatoms. The second-order valence-electron chi connectivity index (χ2n) is 13.1. The van der Waals surface area contributed by atoms with Crippen LogP contribution in [0, 0.1) is 32.6 Å². The molecule has 2 heterocycles. The molecular formula is C42H50O2. The molecule has 0 N–H and O–H groups in total. The normalized spacial score (nSPS) is 20.0. The maximum atomic E-state index is 5.55. The van der Waals surface area contributed by atoms with E-state index in [1.165, 1.54) is 87.8 Å². The lowest BCUT2D eigenvalue weighted by Gasteiger charge is -2.17. The maximum absolute atomic E-state index is 5.55. The third-order valence-corrected chi connectivity index (χ3v) is 9.55. The van der Waals surface area contributed by atoms with Gasteiger partial charge in [-0.15, -0.1) is 0 Å². The Balaban J connectivity index is 0.000000118. The van der Waals surface area contributed by atoms with Crippen LogP contribution < -0.4 is 4.74 Å². The summed E-state index contributed by atoms with van der Waals surface area (Å²) in [6, 6.07) is 19.3. The summed E-state index contributed by atoms with van der Waals surface area (Å²) in [4.78, 5) is 0. The van der Waals surface area contributed by atoms with Gasteiger partial charge >= 0.3 is 0 Å². The first-order valence-electron chi connectivity index (χ1n) is 16.4. The zero-order chi connectivity index (χ0) is 31.2. The van der Waals surface area contributed by atoms with E-state index in [9.17, 15) is 0 Å². The monoisotopic (exact) mass is 586 g/mol. The van der Waals surface area contributed by atoms with Gasteiger partial charge < -0.3 is 9.47 Å². The van der Waals surface area contributed by atoms with E-state index in [0.29, 0.717) is 6.61 Å². The van der Waals surface area contributed by atoms with Gasteiger partial charge in [0, 0.05) is 5.56 Å². The van der Waals surface area contributed by atoms with Crippen molar-refractivity contribution in [2.75, 3.05) is 6.61 Å². The van der Waals surface area contributed by atoms with E-state index in [0.717, 1.165) is 24.2 Å². The number of para-hydroxylation sites is 1. The third kappa shape index (κ3) is 7.65. The van der Waals surface area contributed by atoms with Gasteiger partial charge in [0.1, 0.15) is 19.0 Å². The van der Waals surface area contributed by atoms with Gasteiger partial charge in [0.25, 0.3) is 0 Å². The Bertz CT molecular complexity index is 1540. The minimum Gasteiger partial charge on any atom is -0.496 e. The average Bonchev–Trinajstić information content (AvgIpc) is 3.68. The van der Waals surface area contributed by atoms with Crippen molar-refractivity contribution < 1.29 is 9.47 Å². The quantitative estimate of drug-likeness (QED) is 0.244. The second kappa shape index (κ2) is 14.3. The number of ether oxygens (including phenoxy) is 2. The van der Waals surface area contributed by atoms with Crippen LogP contribution in [0.2, 0.25) is 0 Å². The fourth-order valence-electron chi connectivity index (χ4n) is 6.76. The minimum absolute atomic E-state index is 0.712. The molecule has 1 saturated carbocycles. The molecule has 0 bridgehead atoms. The molecule has 5 aliphatic rings. The van der Waals surface area contributed by atoms with Crippen LogP contribution in [-0.2, 0) is 17.8 Å². The van der Waals surface area contributed by atoms with Crippen molar-refractivity contribution in [3.8, 4) is 5.75 Å². The van der Waals surface area contributed by atoms with Crippen LogP contribution in [-0.4, -0.2) is 6.61 Å². The summed E-state index contributed by atoms with van der Waals surface area (Å²) >= 11 is 0. The predicted molar refractivity (Wildman–Crippen MR) is 188 cm³/mol. The largest absolute Gasteiger partial charge is 0.496 e. The number of benzene rings is 3. The molecule has 3 aliphatic carbocycles. The number of allylic oxidation sites excluding steroid dienone is 6. The SMILES string of the molecule is CC1=CC2CC2C1.CC1=CCCCc2c(C)cccc21.CC1=CCOc2c(C)cccc21.CC1=COCc2c(C)cccc21. The average molecular weight is 587 g/mol. The van der Waals surface area contributed by atoms with Crippen molar-refractivity contribution in [2.45, 2.75) is 87.2 Å². The Morgan fingerprint density at radius 1 is 0.659 bits per heavy atom. The predicted octanol–water partition coefficient (Wildman–Crippen LogP) is 11.4. The molecule has 8 rings (SSSR count). The first kappa shape index (κ1) is 31.6. The summed E-state index contributed by atoms with van der Waals surface area (Å²) in [5.74, 6) is 3.18. The molecule has 0 spiro atoms. The molecular weight excluding hydrogens is 536 g/mol. The van der Waals surface area contributed by atoms with Crippen LogP contribution >= 0.6 is 0 Å². The van der Waals surface area contributed by atoms with Crippen molar-refractivity contribution >= 4 is 16.7 Å². The molecule has 2 unspecified atom stereocenters. The van der Waals surface area contributed by atoms with Gasteiger partial charge in [0.2, 0.25) is 0 Å². The Kier molecular flexibility index (Phi) is 10.3. The van der Waals surface area contributed by atoms with Crippen molar-refractivity contribution in [1.29, 1.82) is 0 Å². The van der Waals surface area contributed by atoms with Crippen LogP contribution in [0.15, 0.2) is 84.7 Å². The molecule has 2 aliphatic heterocycles. The van der Waals surface area contributed by atoms with Gasteiger partial charge in [-0.2, -0.15) is 0 Å². The van der Waals surface area contributed by atoms with Gasteiger partial charge in [0.05, 0.1) is 6.26 Å². The van der Waals surface area contributed by atoms with Gasteiger partial charge in [0.15, 0.2) is 0 Å². The fourth-order valence-corrected chi connectivity index (χ4v) is 6.76. The topological polar surface area (TPSA) is 18.5 Å². The summed E-state index contributed by atoms with van der Waals surface area (Å²) in [7, 11) is 0. The lowest BCUT2D eigenvalue weighted by molar-refractivity contribution is 0.232. The third-order valence-electron chi connectivity index (χ3n) is 9.55. The van der Waals surface area contributed by atoms with Crippen molar-refractivity contribution in [1.82, 2.24) is 0 Å². The number of rotatable bonds is 0. The molecule has 1 fully saturated rings. The van der Waals surface area contributed by atoms with Crippen LogP contribution in [0.25, 0.3) is 16.7 Å². The van der Waals surface area contributed by atoms with E-state index in [1.54, 1.807) is 11.1 Å². The molecule has 0 amide bonds. The first-order valence-corrected chi connectivity index (χ1v) is 16.4. The van der Waals surface area contributed by atoms with Gasteiger partial charge in [-0.25, -0.2) is 0 Å². The Morgan fingerprint density at radius 2 is 1.30 bits per heavy atom. The summed E-state index contributed by atoms with van der Waals surface area (Å²) in [5.41, 5.74) is 16.6. The molecule has 0 radical (unpaired) electrons. The smallest absolute Gasteiger partial charge is 0.130 e. The molecule has 3 aromatic carbocycles. The van der Waals surface area contributed by atoms with E-state index in [4.69, 9.17) is 9.47 Å². The highest BCUT2D eigenvalue weighted by molar-refractivity contribution is 5.72. The van der Waals surface area contributed by atoms with Crippen LogP contribution in [0.5, 0.6) is 5.75 Å². The van der Waals surface area contributed by atoms with Gasteiger partial charge in [-0.05, 0) is 154 Å². The van der Waals surface area contributed by atoms with Crippen molar-refractivity contribution in [2.24, 2.45) is 11.8 Å². The molecule has 0 aromatic heterocycles. The van der Waals surface area contributed by atoms with Gasteiger partial charge in [-0.1, -0.05) is 72.3 Å².